The minimum absolute atomic E-state index is 0.0207. The second kappa shape index (κ2) is 11.3. The lowest BCUT2D eigenvalue weighted by molar-refractivity contribution is 0.0956. The first-order valence-corrected chi connectivity index (χ1v) is 15.4. The van der Waals surface area contributed by atoms with Crippen LogP contribution in [0.2, 0.25) is 0 Å². The van der Waals surface area contributed by atoms with Crippen LogP contribution in [0.1, 0.15) is 35.2 Å². The third-order valence-corrected chi connectivity index (χ3v) is 10.5. The highest BCUT2D eigenvalue weighted by molar-refractivity contribution is 7.89. The number of rotatable bonds is 8. The largest absolute Gasteiger partial charge is 0.369 e. The molecule has 2 fully saturated rings. The van der Waals surface area contributed by atoms with Gasteiger partial charge in [0.15, 0.2) is 0 Å². The van der Waals surface area contributed by atoms with Gasteiger partial charge in [0.2, 0.25) is 20.0 Å². The Morgan fingerprint density at radius 1 is 0.833 bits per heavy atom. The Kier molecular flexibility index (Phi) is 8.34. The fraction of sp³-hybridized carbons (Fsp3) is 0.480. The smallest absolute Gasteiger partial charge is 0.251 e. The summed E-state index contributed by atoms with van der Waals surface area (Å²) in [5, 5.41) is 2.64. The van der Waals surface area contributed by atoms with Gasteiger partial charge in [-0.15, -0.1) is 0 Å². The van der Waals surface area contributed by atoms with Crippen LogP contribution in [0.3, 0.4) is 0 Å². The molecule has 2 aromatic rings. The third-order valence-electron chi connectivity index (χ3n) is 6.71. The molecule has 0 saturated carbocycles. The Labute approximate surface area is 214 Å². The second-order valence-corrected chi connectivity index (χ2v) is 13.3. The summed E-state index contributed by atoms with van der Waals surface area (Å²) in [5.41, 5.74) is 2.54. The van der Waals surface area contributed by atoms with Gasteiger partial charge >= 0.3 is 0 Å². The standard InChI is InChI=1S/C25H34N4O5S2/c1-21-6-5-7-23(20-21)27-15-17-28(18-16-27)35(31,32)19-12-26-25(30)22-8-10-24(11-9-22)36(33,34)29-13-3-2-4-14-29/h5-11,20H,2-4,12-19H2,1H3,(H,26,30). The van der Waals surface area contributed by atoms with Crippen molar-refractivity contribution in [3.8, 4) is 0 Å². The van der Waals surface area contributed by atoms with E-state index >= 15 is 0 Å². The van der Waals surface area contributed by atoms with E-state index in [1.807, 2.05) is 25.1 Å². The number of nitrogens with zero attached hydrogens (tertiary/aromatic N) is 3. The predicted octanol–water partition coefficient (Wildman–Crippen LogP) is 2.05. The number of carbonyl (C=O) groups excluding carboxylic acids is 1. The van der Waals surface area contributed by atoms with Gasteiger partial charge in [-0.1, -0.05) is 18.6 Å². The summed E-state index contributed by atoms with van der Waals surface area (Å²) in [6.07, 6.45) is 2.74. The van der Waals surface area contributed by atoms with E-state index in [1.165, 1.54) is 32.9 Å². The molecule has 0 aromatic heterocycles. The predicted molar refractivity (Wildman–Crippen MR) is 140 cm³/mol. The SMILES string of the molecule is Cc1cccc(N2CCN(S(=O)(=O)CCNC(=O)c3ccc(S(=O)(=O)N4CCCCC4)cc3)CC2)c1. The van der Waals surface area contributed by atoms with Crippen molar-refractivity contribution in [1.82, 2.24) is 13.9 Å². The van der Waals surface area contributed by atoms with Crippen LogP contribution < -0.4 is 10.2 Å². The van der Waals surface area contributed by atoms with Gasteiger partial charge in [0.25, 0.3) is 5.91 Å². The number of aryl methyl sites for hydroxylation is 1. The lowest BCUT2D eigenvalue weighted by atomic mass is 10.2. The zero-order valence-corrected chi connectivity index (χ0v) is 22.2. The van der Waals surface area contributed by atoms with E-state index < -0.39 is 26.0 Å². The van der Waals surface area contributed by atoms with E-state index in [4.69, 9.17) is 0 Å². The molecular formula is C25H34N4O5S2. The van der Waals surface area contributed by atoms with Gasteiger partial charge in [0.1, 0.15) is 0 Å². The maximum absolute atomic E-state index is 12.8. The first kappa shape index (κ1) is 26.6. The van der Waals surface area contributed by atoms with Crippen LogP contribution >= 0.6 is 0 Å². The van der Waals surface area contributed by atoms with E-state index in [2.05, 4.69) is 16.3 Å². The topological polar surface area (TPSA) is 107 Å². The average Bonchev–Trinajstić information content (AvgIpc) is 2.89. The number of nitrogens with one attached hydrogen (secondary N) is 1. The number of piperazine rings is 1. The van der Waals surface area contributed by atoms with Crippen LogP contribution in [0.5, 0.6) is 0 Å². The van der Waals surface area contributed by atoms with E-state index in [0.29, 0.717) is 39.3 Å². The summed E-state index contributed by atoms with van der Waals surface area (Å²) in [5.74, 6) is -0.624. The van der Waals surface area contributed by atoms with Crippen molar-refractivity contribution in [1.29, 1.82) is 0 Å². The van der Waals surface area contributed by atoms with Crippen LogP contribution in [0.4, 0.5) is 5.69 Å². The Morgan fingerprint density at radius 2 is 1.50 bits per heavy atom. The summed E-state index contributed by atoms with van der Waals surface area (Å²) in [4.78, 5) is 14.8. The van der Waals surface area contributed by atoms with Gasteiger partial charge in [-0.25, -0.2) is 16.8 Å². The summed E-state index contributed by atoms with van der Waals surface area (Å²) in [6, 6.07) is 13.9. The van der Waals surface area contributed by atoms with E-state index in [0.717, 1.165) is 30.5 Å². The number of anilines is 1. The lowest BCUT2D eigenvalue weighted by Gasteiger charge is -2.35. The van der Waals surface area contributed by atoms with Crippen molar-refractivity contribution < 1.29 is 21.6 Å². The highest BCUT2D eigenvalue weighted by Gasteiger charge is 2.28. The van der Waals surface area contributed by atoms with Crippen LogP contribution in [0.25, 0.3) is 0 Å². The molecule has 0 aliphatic carbocycles. The van der Waals surface area contributed by atoms with Crippen LogP contribution in [0.15, 0.2) is 53.4 Å². The molecule has 4 rings (SSSR count). The maximum Gasteiger partial charge on any atom is 0.251 e. The van der Waals surface area contributed by atoms with Crippen molar-refractivity contribution in [2.24, 2.45) is 0 Å². The van der Waals surface area contributed by atoms with Gasteiger partial charge in [0, 0.05) is 57.1 Å². The number of sulfonamides is 2. The molecule has 0 unspecified atom stereocenters. The molecule has 1 amide bonds. The zero-order chi connectivity index (χ0) is 25.8. The molecule has 0 spiro atoms. The van der Waals surface area contributed by atoms with Crippen molar-refractivity contribution in [2.45, 2.75) is 31.1 Å². The van der Waals surface area contributed by atoms with Gasteiger partial charge in [-0.2, -0.15) is 8.61 Å². The van der Waals surface area contributed by atoms with Gasteiger partial charge in [0.05, 0.1) is 10.6 Å². The van der Waals surface area contributed by atoms with Crippen molar-refractivity contribution in [3.05, 3.63) is 59.7 Å². The van der Waals surface area contributed by atoms with E-state index in [9.17, 15) is 21.6 Å². The minimum atomic E-state index is -3.56. The van der Waals surface area contributed by atoms with E-state index in [1.54, 1.807) is 0 Å². The maximum atomic E-state index is 12.8. The van der Waals surface area contributed by atoms with Gasteiger partial charge in [-0.3, -0.25) is 4.79 Å². The number of hydrogen-bond donors (Lipinski definition) is 1. The normalized spacial score (nSPS) is 18.2. The lowest BCUT2D eigenvalue weighted by Crippen LogP contribution is -2.50. The first-order valence-electron chi connectivity index (χ1n) is 12.3. The highest BCUT2D eigenvalue weighted by atomic mass is 32.2. The molecule has 36 heavy (non-hydrogen) atoms. The summed E-state index contributed by atoms with van der Waals surface area (Å²) < 4.78 is 54.1. The Morgan fingerprint density at radius 3 is 2.14 bits per heavy atom. The van der Waals surface area contributed by atoms with Crippen molar-refractivity contribution in [2.75, 3.05) is 56.5 Å². The Bertz CT molecular complexity index is 1270. The fourth-order valence-corrected chi connectivity index (χ4v) is 7.46. The molecule has 11 heteroatoms. The molecule has 1 N–H and O–H groups in total. The van der Waals surface area contributed by atoms with Crippen LogP contribution in [-0.4, -0.2) is 82.9 Å². The summed E-state index contributed by atoms with van der Waals surface area (Å²) in [7, 11) is -7.07. The molecule has 2 aromatic carbocycles. The molecule has 0 atom stereocenters. The van der Waals surface area contributed by atoms with Gasteiger partial charge < -0.3 is 10.2 Å². The Hall–Kier alpha value is -2.47. The van der Waals surface area contributed by atoms with Crippen molar-refractivity contribution >= 4 is 31.6 Å². The quantitative estimate of drug-likeness (QED) is 0.556. The molecule has 0 bridgehead atoms. The first-order chi connectivity index (χ1) is 17.2. The molecule has 2 saturated heterocycles. The van der Waals surface area contributed by atoms with Crippen LogP contribution in [0, 0.1) is 6.92 Å². The van der Waals surface area contributed by atoms with E-state index in [-0.39, 0.29) is 22.8 Å². The second-order valence-electron chi connectivity index (χ2n) is 9.29. The zero-order valence-electron chi connectivity index (χ0n) is 20.6. The fourth-order valence-electron chi connectivity index (χ4n) is 4.61. The molecule has 196 valence electrons. The summed E-state index contributed by atoms with van der Waals surface area (Å²) >= 11 is 0. The number of carbonyl (C=O) groups is 1. The molecule has 9 nitrogen and oxygen atoms in total. The molecule has 0 radical (unpaired) electrons. The third kappa shape index (κ3) is 6.26. The Balaban J connectivity index is 1.26. The number of benzene rings is 2. The molecule has 2 heterocycles. The monoisotopic (exact) mass is 534 g/mol. The number of hydrogen-bond acceptors (Lipinski definition) is 6. The highest BCUT2D eigenvalue weighted by Crippen LogP contribution is 2.21. The molecule has 2 aliphatic rings. The summed E-state index contributed by atoms with van der Waals surface area (Å²) in [6.45, 7) is 5.06. The number of amides is 1. The van der Waals surface area contributed by atoms with Crippen molar-refractivity contribution in [3.63, 3.8) is 0 Å². The average molecular weight is 535 g/mol. The molecule has 2 aliphatic heterocycles. The number of piperidine rings is 1. The molecular weight excluding hydrogens is 500 g/mol. The van der Waals surface area contributed by atoms with Gasteiger partial charge in [-0.05, 0) is 61.7 Å². The van der Waals surface area contributed by atoms with Crippen LogP contribution in [-0.2, 0) is 20.0 Å². The minimum Gasteiger partial charge on any atom is -0.369 e.